The number of nitrogens with zero attached hydrogens (tertiary/aromatic N) is 1. The van der Waals surface area contributed by atoms with Crippen molar-refractivity contribution in [2.75, 3.05) is 19.7 Å². The van der Waals surface area contributed by atoms with E-state index >= 15 is 0 Å². The van der Waals surface area contributed by atoms with Gasteiger partial charge >= 0.3 is 0 Å². The van der Waals surface area contributed by atoms with Gasteiger partial charge in [0.1, 0.15) is 5.75 Å². The summed E-state index contributed by atoms with van der Waals surface area (Å²) in [4.78, 5) is 22.2. The molecule has 1 aromatic carbocycles. The molecule has 1 aromatic rings. The van der Waals surface area contributed by atoms with Gasteiger partial charge in [-0.25, -0.2) is 0 Å². The second-order valence-corrected chi connectivity index (χ2v) is 4.10. The van der Waals surface area contributed by atoms with Crippen molar-refractivity contribution < 1.29 is 19.5 Å². The van der Waals surface area contributed by atoms with Crippen LogP contribution in [0.15, 0.2) is 29.4 Å². The van der Waals surface area contributed by atoms with Gasteiger partial charge in [0.05, 0.1) is 5.56 Å². The first-order valence-corrected chi connectivity index (χ1v) is 6.25. The molecule has 0 saturated heterocycles. The van der Waals surface area contributed by atoms with Crippen molar-refractivity contribution in [1.82, 2.24) is 10.6 Å². The molecular formula is C13H18N4O4. The Morgan fingerprint density at radius 3 is 2.62 bits per heavy atom. The molecule has 0 bridgehead atoms. The van der Waals surface area contributed by atoms with E-state index in [9.17, 15) is 9.59 Å². The number of amides is 2. The maximum absolute atomic E-state index is 11.6. The highest BCUT2D eigenvalue weighted by molar-refractivity contribution is 5.99. The second kappa shape index (κ2) is 8.41. The molecular weight excluding hydrogens is 276 g/mol. The van der Waals surface area contributed by atoms with Gasteiger partial charge in [-0.2, -0.15) is 0 Å². The first-order valence-electron chi connectivity index (χ1n) is 6.25. The normalized spacial score (nSPS) is 10.8. The lowest BCUT2D eigenvalue weighted by Gasteiger charge is -2.10. The Morgan fingerprint density at radius 2 is 1.95 bits per heavy atom. The molecule has 8 nitrogen and oxygen atoms in total. The highest BCUT2D eigenvalue weighted by Gasteiger charge is 2.09. The van der Waals surface area contributed by atoms with Crippen LogP contribution in [0.5, 0.6) is 5.75 Å². The molecule has 0 fully saturated rings. The van der Waals surface area contributed by atoms with Crippen molar-refractivity contribution in [3.63, 3.8) is 0 Å². The fraction of sp³-hybridized carbons (Fsp3) is 0.308. The standard InChI is InChI=1S/C13H18N4O4/c1-9(18)15-6-7-16-12(19)8-21-11-5-3-2-4-10(11)13(14)17-20/h2-5,20H,6-8H2,1H3,(H2,14,17)(H,15,18)(H,16,19). The molecule has 8 heteroatoms. The van der Waals surface area contributed by atoms with Crippen LogP contribution in [0.1, 0.15) is 12.5 Å². The number of para-hydroxylation sites is 1. The maximum atomic E-state index is 11.6. The van der Waals surface area contributed by atoms with Crippen molar-refractivity contribution >= 4 is 17.6 Å². The average molecular weight is 294 g/mol. The van der Waals surface area contributed by atoms with Gasteiger partial charge in [0, 0.05) is 20.0 Å². The predicted octanol–water partition coefficient (Wildman–Crippen LogP) is -0.588. The molecule has 0 atom stereocenters. The summed E-state index contributed by atoms with van der Waals surface area (Å²) in [6.07, 6.45) is 0. The lowest BCUT2D eigenvalue weighted by Crippen LogP contribution is -2.36. The molecule has 21 heavy (non-hydrogen) atoms. The summed E-state index contributed by atoms with van der Waals surface area (Å²) in [7, 11) is 0. The number of nitrogens with two attached hydrogens (primary N) is 1. The Bertz CT molecular complexity index is 531. The fourth-order valence-corrected chi connectivity index (χ4v) is 1.49. The molecule has 5 N–H and O–H groups in total. The van der Waals surface area contributed by atoms with E-state index in [1.165, 1.54) is 6.92 Å². The van der Waals surface area contributed by atoms with Crippen molar-refractivity contribution in [2.24, 2.45) is 10.9 Å². The van der Waals surface area contributed by atoms with Crippen LogP contribution in [0.4, 0.5) is 0 Å². The molecule has 0 unspecified atom stereocenters. The van der Waals surface area contributed by atoms with E-state index in [4.69, 9.17) is 15.7 Å². The third kappa shape index (κ3) is 5.81. The van der Waals surface area contributed by atoms with E-state index in [-0.39, 0.29) is 24.3 Å². The fourth-order valence-electron chi connectivity index (χ4n) is 1.49. The third-order valence-electron chi connectivity index (χ3n) is 2.45. The molecule has 0 aliphatic carbocycles. The number of amidine groups is 1. The SMILES string of the molecule is CC(=O)NCCNC(=O)COc1ccccc1/C(N)=N/O. The van der Waals surface area contributed by atoms with Crippen molar-refractivity contribution in [3.8, 4) is 5.75 Å². The number of ether oxygens (including phenoxy) is 1. The van der Waals surface area contributed by atoms with Crippen LogP contribution >= 0.6 is 0 Å². The molecule has 0 radical (unpaired) electrons. The lowest BCUT2D eigenvalue weighted by molar-refractivity contribution is -0.123. The smallest absolute Gasteiger partial charge is 0.258 e. The highest BCUT2D eigenvalue weighted by Crippen LogP contribution is 2.17. The number of hydrogen-bond acceptors (Lipinski definition) is 5. The number of carbonyl (C=O) groups is 2. The molecule has 0 saturated carbocycles. The van der Waals surface area contributed by atoms with E-state index in [1.54, 1.807) is 24.3 Å². The summed E-state index contributed by atoms with van der Waals surface area (Å²) < 4.78 is 5.33. The summed E-state index contributed by atoms with van der Waals surface area (Å²) in [6, 6.07) is 6.63. The number of rotatable bonds is 7. The molecule has 0 aromatic heterocycles. The van der Waals surface area contributed by atoms with Crippen LogP contribution in [0.25, 0.3) is 0 Å². The number of hydrogen-bond donors (Lipinski definition) is 4. The van der Waals surface area contributed by atoms with Crippen LogP contribution < -0.4 is 21.1 Å². The quantitative estimate of drug-likeness (QED) is 0.176. The summed E-state index contributed by atoms with van der Waals surface area (Å²) in [6.45, 7) is 1.84. The van der Waals surface area contributed by atoms with Gasteiger partial charge in [-0.15, -0.1) is 0 Å². The van der Waals surface area contributed by atoms with E-state index in [0.717, 1.165) is 0 Å². The number of benzene rings is 1. The molecule has 0 aliphatic rings. The van der Waals surface area contributed by atoms with E-state index in [1.807, 2.05) is 0 Å². The maximum Gasteiger partial charge on any atom is 0.258 e. The Hall–Kier alpha value is -2.77. The van der Waals surface area contributed by atoms with Crippen molar-refractivity contribution in [2.45, 2.75) is 6.92 Å². The summed E-state index contributed by atoms with van der Waals surface area (Å²) >= 11 is 0. The highest BCUT2D eigenvalue weighted by atomic mass is 16.5. The van der Waals surface area contributed by atoms with E-state index < -0.39 is 0 Å². The zero-order chi connectivity index (χ0) is 15.7. The number of carbonyl (C=O) groups excluding carboxylic acids is 2. The Morgan fingerprint density at radius 1 is 1.29 bits per heavy atom. The van der Waals surface area contributed by atoms with Gasteiger partial charge in [0.2, 0.25) is 5.91 Å². The van der Waals surface area contributed by atoms with Crippen molar-refractivity contribution in [1.29, 1.82) is 0 Å². The molecule has 0 spiro atoms. The van der Waals surface area contributed by atoms with Crippen LogP contribution in [0.3, 0.4) is 0 Å². The van der Waals surface area contributed by atoms with Gasteiger partial charge in [-0.05, 0) is 12.1 Å². The minimum absolute atomic E-state index is 0.100. The summed E-state index contributed by atoms with van der Waals surface area (Å²) in [5.41, 5.74) is 5.90. The van der Waals surface area contributed by atoms with Crippen molar-refractivity contribution in [3.05, 3.63) is 29.8 Å². The molecule has 2 amide bonds. The monoisotopic (exact) mass is 294 g/mol. The minimum Gasteiger partial charge on any atom is -0.483 e. The summed E-state index contributed by atoms with van der Waals surface area (Å²) in [5.74, 6) is -0.260. The largest absolute Gasteiger partial charge is 0.483 e. The van der Waals surface area contributed by atoms with Gasteiger partial charge in [0.15, 0.2) is 12.4 Å². The minimum atomic E-state index is -0.338. The Balaban J connectivity index is 2.45. The molecule has 114 valence electrons. The zero-order valence-corrected chi connectivity index (χ0v) is 11.6. The average Bonchev–Trinajstić information content (AvgIpc) is 2.48. The predicted molar refractivity (Wildman–Crippen MR) is 76.1 cm³/mol. The first kappa shape index (κ1) is 16.3. The van der Waals surface area contributed by atoms with E-state index in [2.05, 4.69) is 15.8 Å². The van der Waals surface area contributed by atoms with Gasteiger partial charge in [-0.3, -0.25) is 9.59 Å². The molecule has 0 heterocycles. The second-order valence-electron chi connectivity index (χ2n) is 4.10. The van der Waals surface area contributed by atoms with Crippen LogP contribution in [-0.4, -0.2) is 42.6 Å². The van der Waals surface area contributed by atoms with Gasteiger partial charge in [0.25, 0.3) is 5.91 Å². The molecule has 0 aliphatic heterocycles. The Labute approximate surface area is 122 Å². The third-order valence-corrected chi connectivity index (χ3v) is 2.45. The van der Waals surface area contributed by atoms with Gasteiger partial charge in [-0.1, -0.05) is 17.3 Å². The summed E-state index contributed by atoms with van der Waals surface area (Å²) in [5, 5.41) is 16.7. The topological polar surface area (TPSA) is 126 Å². The van der Waals surface area contributed by atoms with E-state index in [0.29, 0.717) is 24.4 Å². The molecule has 1 rings (SSSR count). The number of oxime groups is 1. The Kier molecular flexibility index (Phi) is 6.52. The van der Waals surface area contributed by atoms with Crippen LogP contribution in [0, 0.1) is 0 Å². The first-order chi connectivity index (χ1) is 10.0. The lowest BCUT2D eigenvalue weighted by atomic mass is 10.2. The van der Waals surface area contributed by atoms with Crippen LogP contribution in [-0.2, 0) is 9.59 Å². The zero-order valence-electron chi connectivity index (χ0n) is 11.6. The van der Waals surface area contributed by atoms with Gasteiger partial charge < -0.3 is 26.3 Å². The number of nitrogens with one attached hydrogen (secondary N) is 2. The van der Waals surface area contributed by atoms with Crippen LogP contribution in [0.2, 0.25) is 0 Å².